The van der Waals surface area contributed by atoms with Crippen molar-refractivity contribution in [1.29, 1.82) is 0 Å². The highest BCUT2D eigenvalue weighted by molar-refractivity contribution is 5.84. The average Bonchev–Trinajstić information content (AvgIpc) is 2.58. The van der Waals surface area contributed by atoms with Crippen molar-refractivity contribution in [2.24, 2.45) is 0 Å². The molecule has 0 aromatic heterocycles. The van der Waals surface area contributed by atoms with Crippen LogP contribution in [-0.2, 0) is 4.79 Å². The van der Waals surface area contributed by atoms with E-state index >= 15 is 0 Å². The molecule has 0 atom stereocenters. The van der Waals surface area contributed by atoms with Crippen LogP contribution < -0.4 is 5.32 Å². The molecule has 0 unspecified atom stereocenters. The van der Waals surface area contributed by atoms with Crippen molar-refractivity contribution in [3.8, 4) is 0 Å². The number of unbranched alkanes of at least 4 members (excludes halogenated alkanes) is 9. The fourth-order valence-corrected chi connectivity index (χ4v) is 2.44. The number of alkyl halides is 9. The highest BCUT2D eigenvalue weighted by Gasteiger charge is 2.83. The highest BCUT2D eigenvalue weighted by Crippen LogP contribution is 2.53. The number of hydrogen-bond acceptors (Lipinski definition) is 1. The second-order valence-corrected chi connectivity index (χ2v) is 6.66. The Morgan fingerprint density at radius 3 is 1.43 bits per heavy atom. The second-order valence-electron chi connectivity index (χ2n) is 6.66. The quantitative estimate of drug-likeness (QED) is 0.247. The standard InChI is InChI=1S/C17H26F9NO/c1-2-3-4-5-6-7-8-9-10-11-12-27-13(28)14(18,19)15(20,21)16(22,23)17(24,25)26/h2-12H2,1H3,(H,27,28). The van der Waals surface area contributed by atoms with E-state index in [0.717, 1.165) is 44.9 Å². The van der Waals surface area contributed by atoms with E-state index in [-0.39, 0.29) is 6.42 Å². The van der Waals surface area contributed by atoms with Crippen LogP contribution in [0, 0.1) is 0 Å². The van der Waals surface area contributed by atoms with Crippen LogP contribution in [0.15, 0.2) is 0 Å². The molecule has 0 aliphatic heterocycles. The molecule has 0 aromatic rings. The lowest BCUT2D eigenvalue weighted by atomic mass is 10.0. The predicted molar refractivity (Wildman–Crippen MR) is 85.7 cm³/mol. The minimum absolute atomic E-state index is 0.110. The van der Waals surface area contributed by atoms with E-state index in [0.29, 0.717) is 12.8 Å². The van der Waals surface area contributed by atoms with Crippen LogP contribution >= 0.6 is 0 Å². The molecule has 0 saturated carbocycles. The van der Waals surface area contributed by atoms with Gasteiger partial charge in [-0.2, -0.15) is 39.5 Å². The molecule has 0 radical (unpaired) electrons. The van der Waals surface area contributed by atoms with Gasteiger partial charge in [0.05, 0.1) is 0 Å². The Labute approximate surface area is 158 Å². The molecule has 0 aliphatic carbocycles. The third-order valence-electron chi connectivity index (χ3n) is 4.25. The van der Waals surface area contributed by atoms with E-state index in [4.69, 9.17) is 0 Å². The van der Waals surface area contributed by atoms with Crippen LogP contribution in [0.1, 0.15) is 71.1 Å². The van der Waals surface area contributed by atoms with E-state index in [9.17, 15) is 44.3 Å². The van der Waals surface area contributed by atoms with Crippen LogP contribution in [0.4, 0.5) is 39.5 Å². The molecule has 0 aliphatic rings. The average molecular weight is 431 g/mol. The van der Waals surface area contributed by atoms with Gasteiger partial charge in [0.1, 0.15) is 0 Å². The summed E-state index contributed by atoms with van der Waals surface area (Å²) in [7, 11) is 0. The first-order valence-electron chi connectivity index (χ1n) is 9.22. The lowest BCUT2D eigenvalue weighted by molar-refractivity contribution is -0.388. The Morgan fingerprint density at radius 1 is 0.643 bits per heavy atom. The summed E-state index contributed by atoms with van der Waals surface area (Å²) in [5, 5.41) is 1.31. The van der Waals surface area contributed by atoms with Crippen molar-refractivity contribution in [2.45, 2.75) is 95.1 Å². The maximum atomic E-state index is 13.3. The van der Waals surface area contributed by atoms with E-state index in [1.165, 1.54) is 5.32 Å². The van der Waals surface area contributed by atoms with E-state index < -0.39 is 36.4 Å². The van der Waals surface area contributed by atoms with Gasteiger partial charge in [0.25, 0.3) is 5.91 Å². The van der Waals surface area contributed by atoms with Crippen molar-refractivity contribution >= 4 is 5.91 Å². The molecule has 1 N–H and O–H groups in total. The van der Waals surface area contributed by atoms with Gasteiger partial charge in [-0.3, -0.25) is 4.79 Å². The third-order valence-corrected chi connectivity index (χ3v) is 4.25. The van der Waals surface area contributed by atoms with Gasteiger partial charge in [0, 0.05) is 6.54 Å². The molecule has 2 nitrogen and oxygen atoms in total. The summed E-state index contributed by atoms with van der Waals surface area (Å²) in [6.07, 6.45) is 1.76. The molecule has 28 heavy (non-hydrogen) atoms. The van der Waals surface area contributed by atoms with Crippen molar-refractivity contribution < 1.29 is 44.3 Å². The predicted octanol–water partition coefficient (Wildman–Crippen LogP) is 6.49. The maximum Gasteiger partial charge on any atom is 0.460 e. The van der Waals surface area contributed by atoms with Gasteiger partial charge in [-0.25, -0.2) is 0 Å². The maximum absolute atomic E-state index is 13.3. The number of carbonyl (C=O) groups excluding carboxylic acids is 1. The Kier molecular flexibility index (Phi) is 10.7. The molecular weight excluding hydrogens is 405 g/mol. The summed E-state index contributed by atoms with van der Waals surface area (Å²) in [6, 6.07) is 0. The van der Waals surface area contributed by atoms with Gasteiger partial charge in [0.2, 0.25) is 0 Å². The van der Waals surface area contributed by atoms with Crippen LogP contribution in [0.2, 0.25) is 0 Å². The lowest BCUT2D eigenvalue weighted by Gasteiger charge is -2.32. The largest absolute Gasteiger partial charge is 0.460 e. The van der Waals surface area contributed by atoms with Gasteiger partial charge in [0.15, 0.2) is 0 Å². The van der Waals surface area contributed by atoms with Crippen molar-refractivity contribution in [2.75, 3.05) is 6.54 Å². The molecule has 11 heteroatoms. The minimum Gasteiger partial charge on any atom is -0.351 e. The molecule has 0 aromatic carbocycles. The Hall–Kier alpha value is -1.16. The minimum atomic E-state index is -7.06. The first kappa shape index (κ1) is 26.8. The molecule has 0 heterocycles. The van der Waals surface area contributed by atoms with E-state index in [1.54, 1.807) is 0 Å². The zero-order valence-electron chi connectivity index (χ0n) is 15.6. The molecule has 0 saturated heterocycles. The molecular formula is C17H26F9NO. The van der Waals surface area contributed by atoms with Crippen LogP contribution in [-0.4, -0.2) is 36.4 Å². The van der Waals surface area contributed by atoms with E-state index in [2.05, 4.69) is 6.92 Å². The summed E-state index contributed by atoms with van der Waals surface area (Å²) < 4.78 is 114. The highest BCUT2D eigenvalue weighted by atomic mass is 19.4. The van der Waals surface area contributed by atoms with Gasteiger partial charge >= 0.3 is 23.9 Å². The molecule has 1 amide bonds. The third kappa shape index (κ3) is 7.02. The fourth-order valence-electron chi connectivity index (χ4n) is 2.44. The number of amides is 1. The van der Waals surface area contributed by atoms with E-state index in [1.807, 2.05) is 0 Å². The molecule has 168 valence electrons. The zero-order valence-corrected chi connectivity index (χ0v) is 15.6. The normalized spacial score (nSPS) is 13.6. The van der Waals surface area contributed by atoms with Gasteiger partial charge in [-0.1, -0.05) is 64.7 Å². The Morgan fingerprint density at radius 2 is 1.04 bits per heavy atom. The van der Waals surface area contributed by atoms with Crippen molar-refractivity contribution in [3.63, 3.8) is 0 Å². The van der Waals surface area contributed by atoms with Crippen LogP contribution in [0.3, 0.4) is 0 Å². The Balaban J connectivity index is 4.27. The number of halogens is 9. The molecule has 0 rings (SSSR count). The number of carbonyl (C=O) groups is 1. The number of rotatable bonds is 14. The van der Waals surface area contributed by atoms with Crippen LogP contribution in [0.25, 0.3) is 0 Å². The summed E-state index contributed by atoms with van der Waals surface area (Å²) in [4.78, 5) is 11.1. The molecule has 0 fully saturated rings. The summed E-state index contributed by atoms with van der Waals surface area (Å²) in [6.45, 7) is 1.57. The first-order chi connectivity index (χ1) is 12.7. The first-order valence-corrected chi connectivity index (χ1v) is 9.22. The number of hydrogen-bond donors (Lipinski definition) is 1. The number of nitrogens with one attached hydrogen (secondary N) is 1. The fraction of sp³-hybridized carbons (Fsp3) is 0.941. The lowest BCUT2D eigenvalue weighted by Crippen LogP contribution is -2.65. The molecule has 0 spiro atoms. The monoisotopic (exact) mass is 431 g/mol. The van der Waals surface area contributed by atoms with Gasteiger partial charge in [-0.15, -0.1) is 0 Å². The SMILES string of the molecule is CCCCCCCCCCCCNC(=O)C(F)(F)C(F)(F)C(F)(F)C(F)(F)F. The topological polar surface area (TPSA) is 29.1 Å². The summed E-state index contributed by atoms with van der Waals surface area (Å²) in [5.41, 5.74) is 0. The second kappa shape index (κ2) is 11.1. The summed E-state index contributed by atoms with van der Waals surface area (Å²) in [5.74, 6) is -23.1. The van der Waals surface area contributed by atoms with Crippen molar-refractivity contribution in [3.05, 3.63) is 0 Å². The Bertz CT molecular complexity index is 464. The van der Waals surface area contributed by atoms with Gasteiger partial charge < -0.3 is 5.32 Å². The smallest absolute Gasteiger partial charge is 0.351 e. The van der Waals surface area contributed by atoms with Gasteiger partial charge in [-0.05, 0) is 6.42 Å². The van der Waals surface area contributed by atoms with Crippen molar-refractivity contribution in [1.82, 2.24) is 5.32 Å². The van der Waals surface area contributed by atoms with Crippen LogP contribution in [0.5, 0.6) is 0 Å². The molecule has 0 bridgehead atoms. The summed E-state index contributed by atoms with van der Waals surface area (Å²) >= 11 is 0. The zero-order chi connectivity index (χ0) is 22.1.